The van der Waals surface area contributed by atoms with E-state index in [1.54, 1.807) is 22.7 Å². The Hall–Kier alpha value is -0.670. The van der Waals surface area contributed by atoms with Crippen LogP contribution >= 0.6 is 22.7 Å². The van der Waals surface area contributed by atoms with E-state index in [4.69, 9.17) is 0 Å². The summed E-state index contributed by atoms with van der Waals surface area (Å²) in [4.78, 5) is 6.86. The third-order valence-corrected chi connectivity index (χ3v) is 3.46. The van der Waals surface area contributed by atoms with Crippen molar-refractivity contribution in [1.82, 2.24) is 4.98 Å². The molecule has 2 aromatic heterocycles. The van der Waals surface area contributed by atoms with Gasteiger partial charge in [-0.25, -0.2) is 4.98 Å². The Labute approximate surface area is 79.7 Å². The van der Waals surface area contributed by atoms with Crippen LogP contribution in [0.1, 0.15) is 9.88 Å². The Morgan fingerprint density at radius 1 is 1.33 bits per heavy atom. The molecule has 0 N–H and O–H groups in total. The number of hydrogen-bond donors (Lipinski definition) is 0. The number of aromatic nitrogens is 1. The minimum Gasteiger partial charge on any atom is -0.249 e. The van der Waals surface area contributed by atoms with Gasteiger partial charge < -0.3 is 0 Å². The molecule has 0 bridgehead atoms. The van der Waals surface area contributed by atoms with Gasteiger partial charge in [-0.15, -0.1) is 22.7 Å². The van der Waals surface area contributed by atoms with Crippen molar-refractivity contribution >= 4 is 22.7 Å². The third-order valence-electron chi connectivity index (χ3n) is 1.64. The predicted molar refractivity (Wildman–Crippen MR) is 54.9 cm³/mol. The number of rotatable bonds is 1. The fraction of sp³-hybridized carbons (Fsp3) is 0.222. The fourth-order valence-corrected chi connectivity index (χ4v) is 2.61. The molecule has 0 aliphatic carbocycles. The first-order valence-corrected chi connectivity index (χ1v) is 5.43. The Bertz CT molecular complexity index is 348. The summed E-state index contributed by atoms with van der Waals surface area (Å²) in [6.45, 7) is 4.16. The molecule has 0 spiro atoms. The first-order chi connectivity index (χ1) is 5.75. The van der Waals surface area contributed by atoms with Crippen LogP contribution in [0.2, 0.25) is 0 Å². The van der Waals surface area contributed by atoms with Gasteiger partial charge in [-0.05, 0) is 25.3 Å². The molecule has 3 heteroatoms. The molecule has 62 valence electrons. The van der Waals surface area contributed by atoms with E-state index < -0.39 is 0 Å². The van der Waals surface area contributed by atoms with Crippen LogP contribution in [-0.4, -0.2) is 4.98 Å². The molecule has 2 aromatic rings. The molecule has 0 aliphatic heterocycles. The van der Waals surface area contributed by atoms with Crippen molar-refractivity contribution < 1.29 is 0 Å². The van der Waals surface area contributed by atoms with Crippen LogP contribution in [0.15, 0.2) is 17.6 Å². The maximum absolute atomic E-state index is 4.23. The Morgan fingerprint density at radius 3 is 2.67 bits per heavy atom. The first-order valence-electron chi connectivity index (χ1n) is 3.73. The van der Waals surface area contributed by atoms with Gasteiger partial charge in [0, 0.05) is 16.6 Å². The van der Waals surface area contributed by atoms with Gasteiger partial charge in [-0.3, -0.25) is 0 Å². The van der Waals surface area contributed by atoms with Crippen LogP contribution in [0, 0.1) is 13.8 Å². The van der Waals surface area contributed by atoms with Crippen molar-refractivity contribution in [3.05, 3.63) is 27.5 Å². The summed E-state index contributed by atoms with van der Waals surface area (Å²) in [6.07, 6.45) is 1.95. The molecule has 1 nitrogen and oxygen atoms in total. The van der Waals surface area contributed by atoms with Crippen LogP contribution in [0.3, 0.4) is 0 Å². The molecule has 0 saturated carbocycles. The smallest absolute Gasteiger partial charge is 0.0900 e. The lowest BCUT2D eigenvalue weighted by molar-refractivity contribution is 1.30. The van der Waals surface area contributed by atoms with Gasteiger partial charge in [0.1, 0.15) is 0 Å². The minimum absolute atomic E-state index is 1.13. The summed E-state index contributed by atoms with van der Waals surface area (Å²) >= 11 is 3.54. The molecule has 0 unspecified atom stereocenters. The van der Waals surface area contributed by atoms with E-state index in [9.17, 15) is 0 Å². The second-order valence-corrected chi connectivity index (χ2v) is 5.04. The zero-order valence-electron chi connectivity index (χ0n) is 7.00. The molecule has 0 atom stereocenters. The maximum atomic E-state index is 4.23. The molecule has 0 radical (unpaired) electrons. The van der Waals surface area contributed by atoms with Crippen molar-refractivity contribution in [3.63, 3.8) is 0 Å². The SMILES string of the molecule is Cc1cc(-c2cnc(C)s2)cs1. The predicted octanol–water partition coefficient (Wildman–Crippen LogP) is 3.49. The summed E-state index contributed by atoms with van der Waals surface area (Å²) in [5.74, 6) is 0. The average Bonchev–Trinajstić information content (AvgIpc) is 2.58. The van der Waals surface area contributed by atoms with Gasteiger partial charge >= 0.3 is 0 Å². The molecule has 12 heavy (non-hydrogen) atoms. The molecule has 0 fully saturated rings. The monoisotopic (exact) mass is 195 g/mol. The van der Waals surface area contributed by atoms with E-state index >= 15 is 0 Å². The number of hydrogen-bond acceptors (Lipinski definition) is 3. The second-order valence-electron chi connectivity index (χ2n) is 2.69. The molecule has 0 aliphatic rings. The van der Waals surface area contributed by atoms with Crippen molar-refractivity contribution in [2.24, 2.45) is 0 Å². The number of thiazole rings is 1. The quantitative estimate of drug-likeness (QED) is 0.678. The van der Waals surface area contributed by atoms with E-state index in [1.165, 1.54) is 15.3 Å². The number of nitrogens with zero attached hydrogens (tertiary/aromatic N) is 1. The molecule has 2 rings (SSSR count). The van der Waals surface area contributed by atoms with Gasteiger partial charge in [0.15, 0.2) is 0 Å². The highest BCUT2D eigenvalue weighted by Crippen LogP contribution is 2.29. The summed E-state index contributed by atoms with van der Waals surface area (Å²) < 4.78 is 0. The number of thiophene rings is 1. The fourth-order valence-electron chi connectivity index (χ4n) is 1.07. The molecular weight excluding hydrogens is 186 g/mol. The standard InChI is InChI=1S/C9H9NS2/c1-6-3-8(5-11-6)9-4-10-7(2)12-9/h3-5H,1-2H3. The van der Waals surface area contributed by atoms with E-state index in [0.717, 1.165) is 5.01 Å². The van der Waals surface area contributed by atoms with Crippen molar-refractivity contribution in [2.75, 3.05) is 0 Å². The van der Waals surface area contributed by atoms with Crippen LogP contribution in [0.25, 0.3) is 10.4 Å². The zero-order valence-corrected chi connectivity index (χ0v) is 8.63. The van der Waals surface area contributed by atoms with Crippen molar-refractivity contribution in [1.29, 1.82) is 0 Å². The van der Waals surface area contributed by atoms with Gasteiger partial charge in [0.2, 0.25) is 0 Å². The van der Waals surface area contributed by atoms with Crippen molar-refractivity contribution in [2.45, 2.75) is 13.8 Å². The average molecular weight is 195 g/mol. The largest absolute Gasteiger partial charge is 0.249 e. The van der Waals surface area contributed by atoms with Crippen LogP contribution < -0.4 is 0 Å². The summed E-state index contributed by atoms with van der Waals surface area (Å²) in [5, 5.41) is 3.32. The minimum atomic E-state index is 1.13. The highest BCUT2D eigenvalue weighted by molar-refractivity contribution is 7.15. The summed E-state index contributed by atoms with van der Waals surface area (Å²) in [7, 11) is 0. The maximum Gasteiger partial charge on any atom is 0.0900 e. The van der Waals surface area contributed by atoms with Crippen molar-refractivity contribution in [3.8, 4) is 10.4 Å². The third kappa shape index (κ3) is 1.42. The van der Waals surface area contributed by atoms with E-state index in [0.29, 0.717) is 0 Å². The molecular formula is C9H9NS2. The van der Waals surface area contributed by atoms with Gasteiger partial charge in [0.25, 0.3) is 0 Å². The summed E-state index contributed by atoms with van der Waals surface area (Å²) in [5.41, 5.74) is 1.31. The lowest BCUT2D eigenvalue weighted by Gasteiger charge is -1.85. The van der Waals surface area contributed by atoms with Gasteiger partial charge in [0.05, 0.1) is 9.88 Å². The second kappa shape index (κ2) is 2.99. The number of aryl methyl sites for hydroxylation is 2. The lowest BCUT2D eigenvalue weighted by Crippen LogP contribution is -1.61. The first kappa shape index (κ1) is 7.95. The van der Waals surface area contributed by atoms with Gasteiger partial charge in [-0.1, -0.05) is 0 Å². The normalized spacial score (nSPS) is 10.5. The summed E-state index contributed by atoms with van der Waals surface area (Å²) in [6, 6.07) is 2.21. The van der Waals surface area contributed by atoms with Crippen LogP contribution in [-0.2, 0) is 0 Å². The van der Waals surface area contributed by atoms with Gasteiger partial charge in [-0.2, -0.15) is 0 Å². The zero-order chi connectivity index (χ0) is 8.55. The lowest BCUT2D eigenvalue weighted by atomic mass is 10.3. The van der Waals surface area contributed by atoms with Crippen LogP contribution in [0.5, 0.6) is 0 Å². The topological polar surface area (TPSA) is 12.9 Å². The van der Waals surface area contributed by atoms with E-state index in [1.807, 2.05) is 13.1 Å². The molecule has 0 aromatic carbocycles. The highest BCUT2D eigenvalue weighted by Gasteiger charge is 2.02. The Kier molecular flexibility index (Phi) is 1.98. The highest BCUT2D eigenvalue weighted by atomic mass is 32.1. The molecule has 0 saturated heterocycles. The molecule has 0 amide bonds. The Balaban J connectivity index is 2.43. The molecule has 2 heterocycles. The Morgan fingerprint density at radius 2 is 2.17 bits per heavy atom. The van der Waals surface area contributed by atoms with E-state index in [2.05, 4.69) is 23.4 Å². The van der Waals surface area contributed by atoms with Crippen LogP contribution in [0.4, 0.5) is 0 Å². The van der Waals surface area contributed by atoms with E-state index in [-0.39, 0.29) is 0 Å².